The van der Waals surface area contributed by atoms with Crippen LogP contribution in [0.2, 0.25) is 0 Å². The van der Waals surface area contributed by atoms with Crippen molar-refractivity contribution >= 4 is 5.97 Å². The second kappa shape index (κ2) is 10.4. The number of unbranched alkanes of at least 4 members (excludes halogenated alkanes) is 1. The van der Waals surface area contributed by atoms with Gasteiger partial charge in [0.15, 0.2) is 5.97 Å². The summed E-state index contributed by atoms with van der Waals surface area (Å²) in [6.45, 7) is 7.99. The summed E-state index contributed by atoms with van der Waals surface area (Å²) in [4.78, 5) is 10.4. The maximum Gasteiger partial charge on any atom is 1.00 e. The Labute approximate surface area is 104 Å². The minimum absolute atomic E-state index is 0. The summed E-state index contributed by atoms with van der Waals surface area (Å²) in [5.74, 6) is 0.112. The van der Waals surface area contributed by atoms with Crippen molar-refractivity contribution in [2.75, 3.05) is 6.61 Å². The van der Waals surface area contributed by atoms with Gasteiger partial charge in [-0.15, -0.1) is 0 Å². The van der Waals surface area contributed by atoms with Crippen molar-refractivity contribution in [1.29, 1.82) is 0 Å². The molecular formula is C10H19NaO2. The fourth-order valence-corrected chi connectivity index (χ4v) is 1.11. The number of hydrogen-bond donors (Lipinski definition) is 0. The molecule has 0 heterocycles. The Balaban J connectivity index is 0. The van der Waals surface area contributed by atoms with Gasteiger partial charge in [0.05, 0.1) is 6.61 Å². The molecule has 0 aromatic carbocycles. The first kappa shape index (κ1) is 15.8. The zero-order chi connectivity index (χ0) is 9.40. The average Bonchev–Trinajstić information content (AvgIpc) is 2.05. The van der Waals surface area contributed by atoms with E-state index >= 15 is 0 Å². The Hall–Kier alpha value is 0.340. The third-order valence-electron chi connectivity index (χ3n) is 2.02. The van der Waals surface area contributed by atoms with Gasteiger partial charge < -0.3 is 4.74 Å². The molecule has 1 atom stereocenters. The van der Waals surface area contributed by atoms with E-state index in [0.29, 0.717) is 12.5 Å². The minimum atomic E-state index is -0.412. The van der Waals surface area contributed by atoms with Crippen LogP contribution in [0.1, 0.15) is 39.5 Å². The van der Waals surface area contributed by atoms with E-state index < -0.39 is 5.97 Å². The fraction of sp³-hybridized carbons (Fsp3) is 0.800. The van der Waals surface area contributed by atoms with Gasteiger partial charge in [-0.25, -0.2) is 0 Å². The number of hydrogen-bond acceptors (Lipinski definition) is 2. The van der Waals surface area contributed by atoms with Crippen molar-refractivity contribution in [3.05, 3.63) is 6.92 Å². The zero-order valence-corrected chi connectivity index (χ0v) is 11.1. The van der Waals surface area contributed by atoms with Crippen molar-refractivity contribution in [1.82, 2.24) is 0 Å². The summed E-state index contributed by atoms with van der Waals surface area (Å²) >= 11 is 0. The smallest absolute Gasteiger partial charge is 0.488 e. The molecule has 0 saturated carbocycles. The molecule has 1 unspecified atom stereocenters. The van der Waals surface area contributed by atoms with Crippen molar-refractivity contribution < 1.29 is 39.1 Å². The summed E-state index contributed by atoms with van der Waals surface area (Å²) in [7, 11) is 0. The van der Waals surface area contributed by atoms with Crippen LogP contribution in [0.25, 0.3) is 0 Å². The van der Waals surface area contributed by atoms with E-state index in [-0.39, 0.29) is 29.6 Å². The van der Waals surface area contributed by atoms with Crippen LogP contribution in [0.15, 0.2) is 0 Å². The van der Waals surface area contributed by atoms with Crippen LogP contribution >= 0.6 is 0 Å². The van der Waals surface area contributed by atoms with Gasteiger partial charge in [-0.05, 0) is 12.3 Å². The van der Waals surface area contributed by atoms with Crippen LogP contribution in [0.5, 0.6) is 0 Å². The Morgan fingerprint density at radius 3 is 2.46 bits per heavy atom. The molecule has 0 aliphatic carbocycles. The summed E-state index contributed by atoms with van der Waals surface area (Å²) in [6.07, 6.45) is 4.65. The van der Waals surface area contributed by atoms with Crippen molar-refractivity contribution in [3.63, 3.8) is 0 Å². The molecule has 0 spiro atoms. The molecular weight excluding hydrogens is 175 g/mol. The average molecular weight is 194 g/mol. The second-order valence-corrected chi connectivity index (χ2v) is 3.10. The molecule has 0 saturated heterocycles. The minimum Gasteiger partial charge on any atom is -0.488 e. The molecule has 0 amide bonds. The standard InChI is InChI=1S/C10H19O2.Na/c1-4-6-7-10(5-2)8-12-9(3)11;/h10H,3-8H2,1-2H3;/q-1;+1. The molecule has 0 N–H and O–H groups in total. The predicted octanol–water partition coefficient (Wildman–Crippen LogP) is -0.416. The third kappa shape index (κ3) is 10.3. The topological polar surface area (TPSA) is 26.3 Å². The van der Waals surface area contributed by atoms with E-state index in [4.69, 9.17) is 4.74 Å². The van der Waals surface area contributed by atoms with Gasteiger partial charge in [0, 0.05) is 0 Å². The van der Waals surface area contributed by atoms with Gasteiger partial charge in [0.25, 0.3) is 0 Å². The van der Waals surface area contributed by atoms with E-state index in [1.165, 1.54) is 12.8 Å². The van der Waals surface area contributed by atoms with Crippen LogP contribution in [-0.2, 0) is 9.53 Å². The maximum atomic E-state index is 10.4. The molecule has 0 aromatic rings. The summed E-state index contributed by atoms with van der Waals surface area (Å²) in [5.41, 5.74) is 0. The maximum absolute atomic E-state index is 10.4. The fourth-order valence-electron chi connectivity index (χ4n) is 1.11. The van der Waals surface area contributed by atoms with Crippen molar-refractivity contribution in [2.45, 2.75) is 39.5 Å². The first-order chi connectivity index (χ1) is 5.70. The van der Waals surface area contributed by atoms with E-state index in [1.54, 1.807) is 0 Å². The Bertz CT molecular complexity index is 126. The summed E-state index contributed by atoms with van der Waals surface area (Å²) in [5, 5.41) is 0. The number of carbonyl (C=O) groups is 1. The molecule has 0 rings (SSSR count). The zero-order valence-electron chi connectivity index (χ0n) is 9.14. The first-order valence-electron chi connectivity index (χ1n) is 4.69. The molecule has 0 aliphatic heterocycles. The van der Waals surface area contributed by atoms with Crippen LogP contribution in [-0.4, -0.2) is 12.6 Å². The van der Waals surface area contributed by atoms with Crippen LogP contribution in [0, 0.1) is 12.8 Å². The predicted molar refractivity (Wildman–Crippen MR) is 49.6 cm³/mol. The summed E-state index contributed by atoms with van der Waals surface area (Å²) in [6, 6.07) is 0. The van der Waals surface area contributed by atoms with E-state index in [0.717, 1.165) is 12.8 Å². The molecule has 2 nitrogen and oxygen atoms in total. The van der Waals surface area contributed by atoms with E-state index in [2.05, 4.69) is 20.8 Å². The molecule has 0 radical (unpaired) electrons. The SMILES string of the molecule is [CH2-]C(=O)OCC(CC)CCCC.[Na+]. The van der Waals surface area contributed by atoms with Crippen LogP contribution in [0.3, 0.4) is 0 Å². The van der Waals surface area contributed by atoms with E-state index in [1.807, 2.05) is 0 Å². The van der Waals surface area contributed by atoms with Crippen LogP contribution in [0.4, 0.5) is 0 Å². The van der Waals surface area contributed by atoms with Gasteiger partial charge in [0.1, 0.15) is 0 Å². The van der Waals surface area contributed by atoms with Crippen LogP contribution < -0.4 is 29.6 Å². The quantitative estimate of drug-likeness (QED) is 0.326. The van der Waals surface area contributed by atoms with Gasteiger partial charge >= 0.3 is 29.6 Å². The number of ether oxygens (including phenoxy) is 1. The number of esters is 1. The Morgan fingerprint density at radius 1 is 1.46 bits per heavy atom. The molecule has 0 aliphatic rings. The second-order valence-electron chi connectivity index (χ2n) is 3.10. The molecule has 3 heteroatoms. The molecule has 0 fully saturated rings. The molecule has 0 bridgehead atoms. The van der Waals surface area contributed by atoms with Crippen molar-refractivity contribution in [2.24, 2.45) is 5.92 Å². The Kier molecular flexibility index (Phi) is 12.7. The molecule has 13 heavy (non-hydrogen) atoms. The van der Waals surface area contributed by atoms with Gasteiger partial charge in [0.2, 0.25) is 0 Å². The molecule has 0 aromatic heterocycles. The van der Waals surface area contributed by atoms with Gasteiger partial charge in [-0.3, -0.25) is 11.7 Å². The first-order valence-corrected chi connectivity index (χ1v) is 4.69. The molecule has 72 valence electrons. The monoisotopic (exact) mass is 194 g/mol. The van der Waals surface area contributed by atoms with Gasteiger partial charge in [-0.1, -0.05) is 33.1 Å². The largest absolute Gasteiger partial charge is 1.00 e. The third-order valence-corrected chi connectivity index (χ3v) is 2.02. The number of carbonyl (C=O) groups excluding carboxylic acids is 1. The van der Waals surface area contributed by atoms with E-state index in [9.17, 15) is 4.79 Å². The number of rotatable bonds is 6. The normalized spacial score (nSPS) is 11.5. The Morgan fingerprint density at radius 2 is 2.08 bits per heavy atom. The van der Waals surface area contributed by atoms with Crippen molar-refractivity contribution in [3.8, 4) is 0 Å². The summed E-state index contributed by atoms with van der Waals surface area (Å²) < 4.78 is 4.84. The van der Waals surface area contributed by atoms with Gasteiger partial charge in [-0.2, -0.15) is 0 Å².